The zero-order valence-corrected chi connectivity index (χ0v) is 12.0. The number of piperidine rings is 2. The molecule has 0 bridgehead atoms. The van der Waals surface area contributed by atoms with Crippen molar-refractivity contribution < 1.29 is 9.59 Å². The summed E-state index contributed by atoms with van der Waals surface area (Å²) in [6.07, 6.45) is 3.53. The topological polar surface area (TPSA) is 52.7 Å². The molecule has 0 radical (unpaired) electrons. The highest BCUT2D eigenvalue weighted by Crippen LogP contribution is 2.22. The predicted molar refractivity (Wildman–Crippen MR) is 73.6 cm³/mol. The number of rotatable bonds is 2. The first kappa shape index (κ1) is 14.3. The predicted octanol–water partition coefficient (Wildman–Crippen LogP) is 0.313. The van der Waals surface area contributed by atoms with Crippen LogP contribution in [0.15, 0.2) is 0 Å². The van der Waals surface area contributed by atoms with Crippen LogP contribution in [0, 0.1) is 11.8 Å². The van der Waals surface area contributed by atoms with Crippen molar-refractivity contribution in [2.45, 2.75) is 25.7 Å². The quantitative estimate of drug-likeness (QED) is 0.783. The standard InChI is InChI=1S/C14H25N3O2/c1-16(2)13(18)12-5-9-17(10-6-12)14(19)11-3-7-15-8-4-11/h11-12,15H,3-10H2,1-2H3. The van der Waals surface area contributed by atoms with Gasteiger partial charge in [-0.3, -0.25) is 9.59 Å². The minimum Gasteiger partial charge on any atom is -0.349 e. The second kappa shape index (κ2) is 6.37. The van der Waals surface area contributed by atoms with Gasteiger partial charge in [0.2, 0.25) is 11.8 Å². The number of amides is 2. The van der Waals surface area contributed by atoms with Crippen LogP contribution in [-0.2, 0) is 9.59 Å². The zero-order chi connectivity index (χ0) is 13.8. The van der Waals surface area contributed by atoms with Crippen molar-refractivity contribution in [2.75, 3.05) is 40.3 Å². The lowest BCUT2D eigenvalue weighted by Crippen LogP contribution is -2.46. The van der Waals surface area contributed by atoms with Gasteiger partial charge in [-0.25, -0.2) is 0 Å². The monoisotopic (exact) mass is 267 g/mol. The van der Waals surface area contributed by atoms with E-state index in [0.29, 0.717) is 5.91 Å². The van der Waals surface area contributed by atoms with Crippen molar-refractivity contribution in [3.63, 3.8) is 0 Å². The van der Waals surface area contributed by atoms with Gasteiger partial charge in [0, 0.05) is 39.0 Å². The Labute approximate surface area is 115 Å². The number of likely N-dealkylation sites (tertiary alicyclic amines) is 1. The van der Waals surface area contributed by atoms with E-state index in [1.807, 2.05) is 4.90 Å². The summed E-state index contributed by atoms with van der Waals surface area (Å²) in [6.45, 7) is 3.39. The first-order valence-corrected chi connectivity index (χ1v) is 7.30. The number of nitrogens with one attached hydrogen (secondary N) is 1. The van der Waals surface area contributed by atoms with Crippen molar-refractivity contribution in [1.29, 1.82) is 0 Å². The van der Waals surface area contributed by atoms with Gasteiger partial charge in [-0.1, -0.05) is 0 Å². The molecule has 2 saturated heterocycles. The summed E-state index contributed by atoms with van der Waals surface area (Å²) in [6, 6.07) is 0. The molecule has 5 heteroatoms. The summed E-state index contributed by atoms with van der Waals surface area (Å²) in [7, 11) is 3.60. The first-order chi connectivity index (χ1) is 9.09. The van der Waals surface area contributed by atoms with Gasteiger partial charge in [-0.15, -0.1) is 0 Å². The van der Waals surface area contributed by atoms with Crippen LogP contribution in [0.3, 0.4) is 0 Å². The molecule has 0 aromatic rings. The molecule has 2 fully saturated rings. The molecule has 0 aromatic heterocycles. The number of carbonyl (C=O) groups excluding carboxylic acids is 2. The van der Waals surface area contributed by atoms with Crippen molar-refractivity contribution in [2.24, 2.45) is 11.8 Å². The van der Waals surface area contributed by atoms with Crippen molar-refractivity contribution in [3.8, 4) is 0 Å². The molecule has 2 rings (SSSR count). The Bertz CT molecular complexity index is 330. The van der Waals surface area contributed by atoms with Gasteiger partial charge in [0.1, 0.15) is 0 Å². The Hall–Kier alpha value is -1.10. The van der Waals surface area contributed by atoms with Gasteiger partial charge in [0.05, 0.1) is 0 Å². The maximum Gasteiger partial charge on any atom is 0.225 e. The molecule has 2 amide bonds. The second-order valence-electron chi connectivity index (χ2n) is 5.86. The summed E-state index contributed by atoms with van der Waals surface area (Å²) < 4.78 is 0. The zero-order valence-electron chi connectivity index (χ0n) is 12.0. The van der Waals surface area contributed by atoms with E-state index in [4.69, 9.17) is 0 Å². The summed E-state index contributed by atoms with van der Waals surface area (Å²) in [5.41, 5.74) is 0. The minimum absolute atomic E-state index is 0.104. The third-order valence-electron chi connectivity index (χ3n) is 4.29. The highest BCUT2D eigenvalue weighted by Gasteiger charge is 2.31. The molecular weight excluding hydrogens is 242 g/mol. The molecule has 0 unspecified atom stereocenters. The minimum atomic E-state index is 0.104. The molecule has 2 aliphatic rings. The summed E-state index contributed by atoms with van der Waals surface area (Å²) in [5, 5.41) is 3.29. The normalized spacial score (nSPS) is 22.3. The van der Waals surface area contributed by atoms with Crippen molar-refractivity contribution in [1.82, 2.24) is 15.1 Å². The molecule has 0 atom stereocenters. The van der Waals surface area contributed by atoms with Crippen LogP contribution in [0.1, 0.15) is 25.7 Å². The highest BCUT2D eigenvalue weighted by atomic mass is 16.2. The molecule has 108 valence electrons. The average Bonchev–Trinajstić information content (AvgIpc) is 2.46. The van der Waals surface area contributed by atoms with Crippen LogP contribution in [0.25, 0.3) is 0 Å². The summed E-state index contributed by atoms with van der Waals surface area (Å²) in [4.78, 5) is 27.9. The lowest BCUT2D eigenvalue weighted by Gasteiger charge is -2.35. The van der Waals surface area contributed by atoms with Gasteiger partial charge >= 0.3 is 0 Å². The fourth-order valence-corrected chi connectivity index (χ4v) is 3.04. The molecule has 1 N–H and O–H groups in total. The van der Waals surface area contributed by atoms with E-state index in [2.05, 4.69) is 5.32 Å². The number of hydrogen-bond donors (Lipinski definition) is 1. The molecule has 2 heterocycles. The molecular formula is C14H25N3O2. The average molecular weight is 267 g/mol. The van der Waals surface area contributed by atoms with E-state index in [9.17, 15) is 9.59 Å². The molecule has 0 saturated carbocycles. The molecule has 0 aromatic carbocycles. The van der Waals surface area contributed by atoms with E-state index in [1.165, 1.54) is 0 Å². The third kappa shape index (κ3) is 3.47. The van der Waals surface area contributed by atoms with Gasteiger partial charge < -0.3 is 15.1 Å². The fraction of sp³-hybridized carbons (Fsp3) is 0.857. The first-order valence-electron chi connectivity index (χ1n) is 7.30. The summed E-state index contributed by atoms with van der Waals surface area (Å²) >= 11 is 0. The second-order valence-corrected chi connectivity index (χ2v) is 5.86. The van der Waals surface area contributed by atoms with Crippen LogP contribution in [0.4, 0.5) is 0 Å². The van der Waals surface area contributed by atoms with Gasteiger partial charge in [0.15, 0.2) is 0 Å². The Morgan fingerprint density at radius 1 is 1.00 bits per heavy atom. The largest absolute Gasteiger partial charge is 0.349 e. The van der Waals surface area contributed by atoms with Crippen LogP contribution < -0.4 is 5.32 Å². The van der Waals surface area contributed by atoms with E-state index in [0.717, 1.165) is 51.9 Å². The van der Waals surface area contributed by atoms with E-state index in [-0.39, 0.29) is 17.7 Å². The smallest absolute Gasteiger partial charge is 0.225 e. The van der Waals surface area contributed by atoms with Crippen LogP contribution in [0.5, 0.6) is 0 Å². The number of nitrogens with zero attached hydrogens (tertiary/aromatic N) is 2. The SMILES string of the molecule is CN(C)C(=O)C1CCN(C(=O)C2CCNCC2)CC1. The molecule has 0 spiro atoms. The van der Waals surface area contributed by atoms with Gasteiger partial charge in [-0.05, 0) is 38.8 Å². The van der Waals surface area contributed by atoms with Crippen molar-refractivity contribution >= 4 is 11.8 Å². The lowest BCUT2D eigenvalue weighted by molar-refractivity contribution is -0.141. The summed E-state index contributed by atoms with van der Waals surface area (Å²) in [5.74, 6) is 0.806. The number of carbonyl (C=O) groups is 2. The van der Waals surface area contributed by atoms with Crippen LogP contribution in [-0.4, -0.2) is 61.9 Å². The molecule has 19 heavy (non-hydrogen) atoms. The number of hydrogen-bond acceptors (Lipinski definition) is 3. The Morgan fingerprint density at radius 2 is 1.58 bits per heavy atom. The van der Waals surface area contributed by atoms with Crippen LogP contribution in [0.2, 0.25) is 0 Å². The van der Waals surface area contributed by atoms with E-state index < -0.39 is 0 Å². The van der Waals surface area contributed by atoms with E-state index in [1.54, 1.807) is 19.0 Å². The molecule has 5 nitrogen and oxygen atoms in total. The maximum absolute atomic E-state index is 12.4. The maximum atomic E-state index is 12.4. The Kier molecular flexibility index (Phi) is 4.80. The van der Waals surface area contributed by atoms with Gasteiger partial charge in [0.25, 0.3) is 0 Å². The molecule has 2 aliphatic heterocycles. The Balaban J connectivity index is 1.82. The van der Waals surface area contributed by atoms with E-state index >= 15 is 0 Å². The third-order valence-corrected chi connectivity index (χ3v) is 4.29. The molecule has 0 aliphatic carbocycles. The fourth-order valence-electron chi connectivity index (χ4n) is 3.04. The van der Waals surface area contributed by atoms with Crippen LogP contribution >= 0.6 is 0 Å². The Morgan fingerprint density at radius 3 is 2.11 bits per heavy atom. The lowest BCUT2D eigenvalue weighted by atomic mass is 9.92. The van der Waals surface area contributed by atoms with Crippen molar-refractivity contribution in [3.05, 3.63) is 0 Å². The highest BCUT2D eigenvalue weighted by molar-refractivity contribution is 5.81. The van der Waals surface area contributed by atoms with Gasteiger partial charge in [-0.2, -0.15) is 0 Å².